The maximum Gasteiger partial charge on any atom is 0.239 e. The van der Waals surface area contributed by atoms with Crippen LogP contribution in [0.2, 0.25) is 0 Å². The lowest BCUT2D eigenvalue weighted by atomic mass is 10.4. The molecule has 1 aliphatic carbocycles. The van der Waals surface area contributed by atoms with Crippen molar-refractivity contribution in [1.82, 2.24) is 15.2 Å². The molecule has 20 heavy (non-hydrogen) atoms. The molecule has 1 fully saturated rings. The average Bonchev–Trinajstić information content (AvgIpc) is 3.11. The van der Waals surface area contributed by atoms with E-state index in [9.17, 15) is 9.59 Å². The van der Waals surface area contributed by atoms with Gasteiger partial charge in [0, 0.05) is 13.1 Å². The number of rotatable bonds is 6. The average molecular weight is 314 g/mol. The van der Waals surface area contributed by atoms with E-state index in [-0.39, 0.29) is 24.1 Å². The lowest BCUT2D eigenvalue weighted by Crippen LogP contribution is -2.39. The van der Waals surface area contributed by atoms with Gasteiger partial charge in [-0.2, -0.15) is 0 Å². The standard InChI is InChI=1S/C12H18N4O2S2/c1-7-11(20-12(13)14-7)19-6-10(18)16(2)5-9(17)15-8-3-4-8/h8H,3-6H2,1-2H3,(H2,13,14)(H,15,17). The third-order valence-corrected chi connectivity index (χ3v) is 5.18. The topological polar surface area (TPSA) is 88.3 Å². The number of aryl methyl sites for hydroxylation is 1. The summed E-state index contributed by atoms with van der Waals surface area (Å²) >= 11 is 2.79. The van der Waals surface area contributed by atoms with Gasteiger partial charge in [-0.25, -0.2) is 4.98 Å². The number of likely N-dealkylation sites (N-methyl/N-ethyl adjacent to an activating group) is 1. The number of hydrogen-bond donors (Lipinski definition) is 2. The molecule has 1 saturated carbocycles. The first kappa shape index (κ1) is 15.1. The van der Waals surface area contributed by atoms with Crippen molar-refractivity contribution in [1.29, 1.82) is 0 Å². The summed E-state index contributed by atoms with van der Waals surface area (Å²) in [5, 5.41) is 3.37. The van der Waals surface area contributed by atoms with Crippen LogP contribution in [0.1, 0.15) is 18.5 Å². The van der Waals surface area contributed by atoms with Crippen molar-refractivity contribution < 1.29 is 9.59 Å². The molecule has 2 amide bonds. The summed E-state index contributed by atoms with van der Waals surface area (Å²) in [6.45, 7) is 1.98. The number of nitrogens with one attached hydrogen (secondary N) is 1. The molecule has 1 heterocycles. The smallest absolute Gasteiger partial charge is 0.239 e. The predicted octanol–water partition coefficient (Wildman–Crippen LogP) is 0.863. The normalized spacial score (nSPS) is 14.1. The fourth-order valence-electron chi connectivity index (χ4n) is 1.58. The number of thioether (sulfide) groups is 1. The molecule has 0 radical (unpaired) electrons. The number of nitrogen functional groups attached to an aromatic ring is 1. The molecule has 0 unspecified atom stereocenters. The van der Waals surface area contributed by atoms with Crippen LogP contribution in [0.15, 0.2) is 4.21 Å². The summed E-state index contributed by atoms with van der Waals surface area (Å²) in [5.74, 6) is 0.120. The second kappa shape index (κ2) is 6.45. The Hall–Kier alpha value is -1.28. The Morgan fingerprint density at radius 2 is 2.25 bits per heavy atom. The Morgan fingerprint density at radius 1 is 1.55 bits per heavy atom. The van der Waals surface area contributed by atoms with Crippen LogP contribution in [-0.2, 0) is 9.59 Å². The van der Waals surface area contributed by atoms with Gasteiger partial charge in [0.25, 0.3) is 0 Å². The van der Waals surface area contributed by atoms with E-state index in [1.807, 2.05) is 6.92 Å². The third-order valence-electron chi connectivity index (χ3n) is 2.85. The summed E-state index contributed by atoms with van der Waals surface area (Å²) in [6, 6.07) is 0.322. The van der Waals surface area contributed by atoms with Gasteiger partial charge in [0.05, 0.1) is 22.2 Å². The fourth-order valence-corrected chi connectivity index (χ4v) is 3.54. The molecular weight excluding hydrogens is 296 g/mol. The maximum absolute atomic E-state index is 11.9. The first-order valence-electron chi connectivity index (χ1n) is 6.34. The van der Waals surface area contributed by atoms with Crippen molar-refractivity contribution in [3.8, 4) is 0 Å². The molecule has 1 aromatic rings. The number of hydrogen-bond acceptors (Lipinski definition) is 6. The van der Waals surface area contributed by atoms with Crippen molar-refractivity contribution in [2.75, 3.05) is 25.1 Å². The molecule has 0 bridgehead atoms. The van der Waals surface area contributed by atoms with Crippen molar-refractivity contribution in [2.45, 2.75) is 30.0 Å². The summed E-state index contributed by atoms with van der Waals surface area (Å²) in [7, 11) is 1.64. The van der Waals surface area contributed by atoms with Crippen molar-refractivity contribution >= 4 is 40.0 Å². The van der Waals surface area contributed by atoms with Crippen LogP contribution in [0.3, 0.4) is 0 Å². The summed E-state index contributed by atoms with van der Waals surface area (Å²) in [4.78, 5) is 29.1. The molecule has 0 aromatic carbocycles. The number of thiazole rings is 1. The Balaban J connectivity index is 1.75. The number of nitrogens with two attached hydrogens (primary N) is 1. The van der Waals surface area contributed by atoms with E-state index in [2.05, 4.69) is 10.3 Å². The van der Waals surface area contributed by atoms with Crippen LogP contribution in [0.25, 0.3) is 0 Å². The van der Waals surface area contributed by atoms with Crippen LogP contribution in [0, 0.1) is 6.92 Å². The molecule has 3 N–H and O–H groups in total. The van der Waals surface area contributed by atoms with Gasteiger partial charge in [-0.15, -0.1) is 11.8 Å². The van der Waals surface area contributed by atoms with E-state index in [4.69, 9.17) is 5.73 Å². The van der Waals surface area contributed by atoms with Gasteiger partial charge in [0.1, 0.15) is 0 Å². The number of amides is 2. The predicted molar refractivity (Wildman–Crippen MR) is 80.8 cm³/mol. The van der Waals surface area contributed by atoms with E-state index in [0.717, 1.165) is 22.7 Å². The second-order valence-electron chi connectivity index (χ2n) is 4.81. The van der Waals surface area contributed by atoms with Gasteiger partial charge in [0.2, 0.25) is 11.8 Å². The van der Waals surface area contributed by atoms with Crippen LogP contribution < -0.4 is 11.1 Å². The van der Waals surface area contributed by atoms with E-state index in [0.29, 0.717) is 11.2 Å². The van der Waals surface area contributed by atoms with Crippen LogP contribution in [-0.4, -0.2) is 47.1 Å². The Kier molecular flexibility index (Phi) is 4.87. The number of nitrogens with zero attached hydrogens (tertiary/aromatic N) is 2. The third kappa shape index (κ3) is 4.38. The minimum absolute atomic E-state index is 0.0766. The molecule has 2 rings (SSSR count). The van der Waals surface area contributed by atoms with Crippen molar-refractivity contribution in [2.24, 2.45) is 0 Å². The fraction of sp³-hybridized carbons (Fsp3) is 0.583. The molecule has 0 atom stereocenters. The number of carbonyl (C=O) groups is 2. The van der Waals surface area contributed by atoms with Crippen molar-refractivity contribution in [3.63, 3.8) is 0 Å². The first-order chi connectivity index (χ1) is 9.45. The van der Waals surface area contributed by atoms with E-state index in [1.54, 1.807) is 7.05 Å². The maximum atomic E-state index is 11.9. The summed E-state index contributed by atoms with van der Waals surface area (Å²) in [5.41, 5.74) is 6.46. The lowest BCUT2D eigenvalue weighted by Gasteiger charge is -2.16. The molecule has 1 aliphatic rings. The molecule has 6 nitrogen and oxygen atoms in total. The molecular formula is C12H18N4O2S2. The highest BCUT2D eigenvalue weighted by molar-refractivity contribution is 8.01. The number of aromatic nitrogens is 1. The van der Waals surface area contributed by atoms with Crippen LogP contribution >= 0.6 is 23.1 Å². The largest absolute Gasteiger partial charge is 0.375 e. The highest BCUT2D eigenvalue weighted by Crippen LogP contribution is 2.30. The minimum atomic E-state index is -0.0911. The van der Waals surface area contributed by atoms with Gasteiger partial charge < -0.3 is 16.0 Å². The van der Waals surface area contributed by atoms with Gasteiger partial charge in [-0.05, 0) is 19.8 Å². The molecule has 0 saturated heterocycles. The van der Waals surface area contributed by atoms with Gasteiger partial charge >= 0.3 is 0 Å². The van der Waals surface area contributed by atoms with Gasteiger partial charge in [0.15, 0.2) is 5.13 Å². The monoisotopic (exact) mass is 314 g/mol. The quantitative estimate of drug-likeness (QED) is 0.760. The molecule has 0 aliphatic heterocycles. The summed E-state index contributed by atoms with van der Waals surface area (Å²) < 4.78 is 0.951. The molecule has 110 valence electrons. The first-order valence-corrected chi connectivity index (χ1v) is 8.15. The van der Waals surface area contributed by atoms with E-state index < -0.39 is 0 Å². The van der Waals surface area contributed by atoms with Crippen LogP contribution in [0.5, 0.6) is 0 Å². The van der Waals surface area contributed by atoms with E-state index in [1.165, 1.54) is 28.0 Å². The van der Waals surface area contributed by atoms with Gasteiger partial charge in [-0.3, -0.25) is 9.59 Å². The SMILES string of the molecule is Cc1nc(N)sc1SCC(=O)N(C)CC(=O)NC1CC1. The minimum Gasteiger partial charge on any atom is -0.375 e. The zero-order valence-corrected chi connectivity index (χ0v) is 13.1. The molecule has 1 aromatic heterocycles. The van der Waals surface area contributed by atoms with E-state index >= 15 is 0 Å². The Bertz CT molecular complexity index is 514. The second-order valence-corrected chi connectivity index (χ2v) is 7.08. The molecule has 0 spiro atoms. The zero-order valence-electron chi connectivity index (χ0n) is 11.5. The zero-order chi connectivity index (χ0) is 14.7. The Morgan fingerprint density at radius 3 is 2.80 bits per heavy atom. The highest BCUT2D eigenvalue weighted by Gasteiger charge is 2.24. The number of carbonyl (C=O) groups excluding carboxylic acids is 2. The number of anilines is 1. The Labute approximate surface area is 126 Å². The molecule has 8 heteroatoms. The van der Waals surface area contributed by atoms with Crippen LogP contribution in [0.4, 0.5) is 5.13 Å². The lowest BCUT2D eigenvalue weighted by molar-refractivity contribution is -0.132. The van der Waals surface area contributed by atoms with Crippen molar-refractivity contribution in [3.05, 3.63) is 5.69 Å². The van der Waals surface area contributed by atoms with Gasteiger partial charge in [-0.1, -0.05) is 11.3 Å². The highest BCUT2D eigenvalue weighted by atomic mass is 32.2. The summed E-state index contributed by atoms with van der Waals surface area (Å²) in [6.07, 6.45) is 2.09.